The lowest BCUT2D eigenvalue weighted by Crippen LogP contribution is -2.39. The van der Waals surface area contributed by atoms with Gasteiger partial charge < -0.3 is 9.47 Å². The Morgan fingerprint density at radius 2 is 1.59 bits per heavy atom. The van der Waals surface area contributed by atoms with Gasteiger partial charge in [0.15, 0.2) is 6.29 Å². The van der Waals surface area contributed by atoms with Crippen LogP contribution in [-0.2, 0) is 9.47 Å². The van der Waals surface area contributed by atoms with Crippen molar-refractivity contribution in [2.24, 2.45) is 28.6 Å². The van der Waals surface area contributed by atoms with Crippen molar-refractivity contribution in [3.63, 3.8) is 0 Å². The monoisotopic (exact) mass is 378 g/mol. The first-order chi connectivity index (χ1) is 12.6. The van der Waals surface area contributed by atoms with Crippen LogP contribution in [0.25, 0.3) is 0 Å². The third kappa shape index (κ3) is 7.44. The highest BCUT2D eigenvalue weighted by Crippen LogP contribution is 2.48. The van der Waals surface area contributed by atoms with Gasteiger partial charge in [-0.25, -0.2) is 0 Å². The summed E-state index contributed by atoms with van der Waals surface area (Å²) in [6, 6.07) is 0. The van der Waals surface area contributed by atoms with Crippen molar-refractivity contribution >= 4 is 0 Å². The number of allylic oxidation sites excluding steroid dienone is 2. The molecule has 2 atom stereocenters. The maximum absolute atomic E-state index is 6.12. The van der Waals surface area contributed by atoms with Crippen LogP contribution in [0.1, 0.15) is 106 Å². The first-order valence-corrected chi connectivity index (χ1v) is 11.5. The van der Waals surface area contributed by atoms with Crippen LogP contribution in [0.15, 0.2) is 11.8 Å². The van der Waals surface area contributed by atoms with Crippen molar-refractivity contribution in [3.8, 4) is 0 Å². The van der Waals surface area contributed by atoms with Crippen molar-refractivity contribution in [2.45, 2.75) is 113 Å². The van der Waals surface area contributed by atoms with E-state index in [1.165, 1.54) is 44.9 Å². The molecule has 2 unspecified atom stereocenters. The minimum Gasteiger partial charge on any atom is -0.470 e. The van der Waals surface area contributed by atoms with Gasteiger partial charge in [0.2, 0.25) is 0 Å². The summed E-state index contributed by atoms with van der Waals surface area (Å²) in [4.78, 5) is 0. The fourth-order valence-electron chi connectivity index (χ4n) is 6.08. The zero-order chi connectivity index (χ0) is 20.1. The summed E-state index contributed by atoms with van der Waals surface area (Å²) in [6.07, 6.45) is 13.9. The van der Waals surface area contributed by atoms with Crippen molar-refractivity contribution in [3.05, 3.63) is 11.8 Å². The minimum atomic E-state index is -0.114. The van der Waals surface area contributed by atoms with Gasteiger partial charge in [0, 0.05) is 6.42 Å². The average Bonchev–Trinajstić information content (AvgIpc) is 2.55. The van der Waals surface area contributed by atoms with Gasteiger partial charge in [-0.05, 0) is 60.8 Å². The van der Waals surface area contributed by atoms with Crippen LogP contribution in [0.5, 0.6) is 0 Å². The SMILES string of the molecule is CC(OCCC1CCCCC1)OC1=CCC(C(C(C)(C)C)C(C)(C)C)CC1. The molecule has 0 spiro atoms. The van der Waals surface area contributed by atoms with Crippen molar-refractivity contribution < 1.29 is 9.47 Å². The molecule has 2 heteroatoms. The Hall–Kier alpha value is -0.500. The molecule has 1 fully saturated rings. The molecule has 2 nitrogen and oxygen atoms in total. The molecule has 0 aromatic rings. The Morgan fingerprint density at radius 3 is 2.11 bits per heavy atom. The first-order valence-electron chi connectivity index (χ1n) is 11.5. The minimum absolute atomic E-state index is 0.114. The molecule has 0 aromatic heterocycles. The Morgan fingerprint density at radius 1 is 0.963 bits per heavy atom. The van der Waals surface area contributed by atoms with E-state index >= 15 is 0 Å². The van der Waals surface area contributed by atoms with Crippen LogP contribution in [0.3, 0.4) is 0 Å². The third-order valence-corrected chi connectivity index (χ3v) is 6.67. The summed E-state index contributed by atoms with van der Waals surface area (Å²) in [6.45, 7) is 17.3. The number of rotatable bonds is 7. The van der Waals surface area contributed by atoms with Gasteiger partial charge in [0.05, 0.1) is 12.4 Å². The maximum Gasteiger partial charge on any atom is 0.196 e. The van der Waals surface area contributed by atoms with Crippen molar-refractivity contribution in [2.75, 3.05) is 6.61 Å². The topological polar surface area (TPSA) is 18.5 Å². The van der Waals surface area contributed by atoms with Crippen molar-refractivity contribution in [1.29, 1.82) is 0 Å². The Bertz CT molecular complexity index is 446. The Kier molecular flexibility index (Phi) is 8.28. The second kappa shape index (κ2) is 9.81. The van der Waals surface area contributed by atoms with Crippen LogP contribution in [0.4, 0.5) is 0 Å². The van der Waals surface area contributed by atoms with E-state index in [1.54, 1.807) is 0 Å². The molecular formula is C25H46O2. The van der Waals surface area contributed by atoms with Gasteiger partial charge in [-0.3, -0.25) is 0 Å². The molecule has 0 bridgehead atoms. The lowest BCUT2D eigenvalue weighted by molar-refractivity contribution is -0.111. The molecule has 0 aliphatic heterocycles. The van der Waals surface area contributed by atoms with Crippen LogP contribution in [0.2, 0.25) is 0 Å². The smallest absolute Gasteiger partial charge is 0.196 e. The second-order valence-electron chi connectivity index (χ2n) is 11.3. The van der Waals surface area contributed by atoms with Gasteiger partial charge in [-0.15, -0.1) is 0 Å². The van der Waals surface area contributed by atoms with Crippen LogP contribution in [-0.4, -0.2) is 12.9 Å². The van der Waals surface area contributed by atoms with Gasteiger partial charge in [-0.1, -0.05) is 73.6 Å². The van der Waals surface area contributed by atoms with Crippen LogP contribution in [0, 0.1) is 28.6 Å². The quantitative estimate of drug-likeness (QED) is 0.422. The molecule has 158 valence electrons. The normalized spacial score (nSPS) is 24.0. The summed E-state index contributed by atoms with van der Waals surface area (Å²) in [7, 11) is 0. The molecule has 0 N–H and O–H groups in total. The highest BCUT2D eigenvalue weighted by Gasteiger charge is 2.40. The zero-order valence-corrected chi connectivity index (χ0v) is 19.3. The molecular weight excluding hydrogens is 332 g/mol. The molecule has 27 heavy (non-hydrogen) atoms. The van der Waals surface area contributed by atoms with E-state index in [2.05, 4.69) is 54.5 Å². The summed E-state index contributed by atoms with van der Waals surface area (Å²) in [5.74, 6) is 3.50. The van der Waals surface area contributed by atoms with E-state index in [-0.39, 0.29) is 6.29 Å². The third-order valence-electron chi connectivity index (χ3n) is 6.67. The number of hydrogen-bond donors (Lipinski definition) is 0. The van der Waals surface area contributed by atoms with E-state index in [0.717, 1.165) is 37.0 Å². The number of ether oxygens (including phenoxy) is 2. The van der Waals surface area contributed by atoms with Gasteiger partial charge in [0.1, 0.15) is 0 Å². The largest absolute Gasteiger partial charge is 0.470 e. The van der Waals surface area contributed by atoms with E-state index < -0.39 is 0 Å². The molecule has 2 aliphatic carbocycles. The van der Waals surface area contributed by atoms with E-state index in [4.69, 9.17) is 9.47 Å². The fraction of sp³-hybridized carbons (Fsp3) is 0.920. The van der Waals surface area contributed by atoms with E-state index in [1.807, 2.05) is 0 Å². The first kappa shape index (κ1) is 22.8. The number of hydrogen-bond acceptors (Lipinski definition) is 2. The molecule has 0 heterocycles. The summed E-state index contributed by atoms with van der Waals surface area (Å²) in [5, 5.41) is 0. The maximum atomic E-state index is 6.12. The summed E-state index contributed by atoms with van der Waals surface area (Å²) < 4.78 is 12.1. The zero-order valence-electron chi connectivity index (χ0n) is 19.3. The second-order valence-corrected chi connectivity index (χ2v) is 11.3. The lowest BCUT2D eigenvalue weighted by atomic mass is 9.59. The lowest BCUT2D eigenvalue weighted by Gasteiger charge is -2.46. The Labute approximate surface area is 169 Å². The molecule has 2 rings (SSSR count). The highest BCUT2D eigenvalue weighted by atomic mass is 16.7. The molecule has 0 aromatic carbocycles. The van der Waals surface area contributed by atoms with E-state index in [0.29, 0.717) is 16.7 Å². The molecule has 1 saturated carbocycles. The van der Waals surface area contributed by atoms with Gasteiger partial charge in [-0.2, -0.15) is 0 Å². The summed E-state index contributed by atoms with van der Waals surface area (Å²) in [5.41, 5.74) is 0.676. The van der Waals surface area contributed by atoms with Gasteiger partial charge >= 0.3 is 0 Å². The highest BCUT2D eigenvalue weighted by molar-refractivity contribution is 5.03. The molecule has 0 amide bonds. The van der Waals surface area contributed by atoms with Crippen molar-refractivity contribution in [1.82, 2.24) is 0 Å². The predicted molar refractivity (Wildman–Crippen MR) is 116 cm³/mol. The molecule has 0 saturated heterocycles. The van der Waals surface area contributed by atoms with Crippen LogP contribution >= 0.6 is 0 Å². The molecule has 0 radical (unpaired) electrons. The van der Waals surface area contributed by atoms with Gasteiger partial charge in [0.25, 0.3) is 0 Å². The average molecular weight is 379 g/mol. The fourth-order valence-corrected chi connectivity index (χ4v) is 6.08. The van der Waals surface area contributed by atoms with E-state index in [9.17, 15) is 0 Å². The predicted octanol–water partition coefficient (Wildman–Crippen LogP) is 7.73. The van der Waals surface area contributed by atoms with Crippen LogP contribution < -0.4 is 0 Å². The Balaban J connectivity index is 1.77. The summed E-state index contributed by atoms with van der Waals surface area (Å²) >= 11 is 0. The standard InChI is InChI=1S/C25H46O2/c1-19(26-18-17-20-11-9-8-10-12-20)27-22-15-13-21(14-16-22)23(24(2,3)4)25(5,6)7/h15,19-21,23H,8-14,16-18H2,1-7H3. The molecule has 2 aliphatic rings.